The van der Waals surface area contributed by atoms with Crippen LogP contribution >= 0.6 is 0 Å². The van der Waals surface area contributed by atoms with Crippen molar-refractivity contribution in [2.24, 2.45) is 13.0 Å². The quantitative estimate of drug-likeness (QED) is 0.332. The fourth-order valence-electron chi connectivity index (χ4n) is 5.80. The molecular weight excluding hydrogens is 566 g/mol. The van der Waals surface area contributed by atoms with Gasteiger partial charge in [0.05, 0.1) is 37.4 Å². The van der Waals surface area contributed by atoms with E-state index in [0.29, 0.717) is 11.4 Å². The summed E-state index contributed by atoms with van der Waals surface area (Å²) in [4.78, 5) is 16.3. The topological polar surface area (TPSA) is 101 Å². The minimum absolute atomic E-state index is 0.0725. The van der Waals surface area contributed by atoms with Crippen molar-refractivity contribution in [3.63, 3.8) is 0 Å². The van der Waals surface area contributed by atoms with Crippen molar-refractivity contribution >= 4 is 26.8 Å². The van der Waals surface area contributed by atoms with Gasteiger partial charge in [0.15, 0.2) is 0 Å². The highest BCUT2D eigenvalue weighted by Crippen LogP contribution is 2.38. The number of aromatic nitrogens is 1. The number of carbonyl (C=O) groups is 1. The Bertz CT molecular complexity index is 1720. The van der Waals surface area contributed by atoms with Crippen molar-refractivity contribution in [1.82, 2.24) is 13.8 Å². The largest absolute Gasteiger partial charge is 0.497 e. The average molecular weight is 606 g/mol. The van der Waals surface area contributed by atoms with Gasteiger partial charge in [-0.05, 0) is 48.4 Å². The molecular formula is C33H39N3O6S. The lowest BCUT2D eigenvalue weighted by molar-refractivity contribution is -0.0147. The Hall–Kier alpha value is -3.70. The number of aliphatic hydroxyl groups excluding tert-OH is 1. The third-order valence-corrected chi connectivity index (χ3v) is 10.3. The summed E-state index contributed by atoms with van der Waals surface area (Å²) in [6.07, 6.45) is -0.551. The van der Waals surface area contributed by atoms with Gasteiger partial charge >= 0.3 is 0 Å². The number of para-hydroxylation sites is 1. The highest BCUT2D eigenvalue weighted by Gasteiger charge is 2.34. The first kappa shape index (κ1) is 30.7. The maximum absolute atomic E-state index is 14.5. The van der Waals surface area contributed by atoms with Crippen molar-refractivity contribution in [2.75, 3.05) is 33.9 Å². The molecule has 0 radical (unpaired) electrons. The number of fused-ring (bicyclic) bond motifs is 5. The molecule has 0 spiro atoms. The van der Waals surface area contributed by atoms with Gasteiger partial charge in [0, 0.05) is 49.6 Å². The van der Waals surface area contributed by atoms with Crippen LogP contribution in [0.15, 0.2) is 77.7 Å². The second kappa shape index (κ2) is 12.5. The second-order valence-electron chi connectivity index (χ2n) is 11.2. The fraction of sp³-hybridized carbons (Fsp3) is 0.364. The highest BCUT2D eigenvalue weighted by molar-refractivity contribution is 7.89. The first-order chi connectivity index (χ1) is 20.6. The highest BCUT2D eigenvalue weighted by atomic mass is 32.2. The Morgan fingerprint density at radius 3 is 2.44 bits per heavy atom. The Morgan fingerprint density at radius 1 is 1.07 bits per heavy atom. The maximum atomic E-state index is 14.5. The molecule has 1 amide bonds. The first-order valence-electron chi connectivity index (χ1n) is 14.4. The van der Waals surface area contributed by atoms with Gasteiger partial charge in [0.2, 0.25) is 10.0 Å². The van der Waals surface area contributed by atoms with Crippen LogP contribution in [-0.4, -0.2) is 79.2 Å². The van der Waals surface area contributed by atoms with Crippen LogP contribution in [-0.2, 0) is 28.4 Å². The zero-order chi connectivity index (χ0) is 30.9. The van der Waals surface area contributed by atoms with E-state index in [0.717, 1.165) is 27.6 Å². The molecule has 1 aliphatic rings. The molecule has 0 fully saturated rings. The van der Waals surface area contributed by atoms with Crippen LogP contribution in [0.2, 0.25) is 0 Å². The van der Waals surface area contributed by atoms with Gasteiger partial charge in [-0.3, -0.25) is 4.79 Å². The molecule has 10 heteroatoms. The number of carbonyl (C=O) groups excluding carboxylic acids is 1. The number of amides is 1. The number of ether oxygens (including phenoxy) is 2. The van der Waals surface area contributed by atoms with Crippen LogP contribution in [0.5, 0.6) is 5.75 Å². The number of rotatable bonds is 7. The lowest BCUT2D eigenvalue weighted by Crippen LogP contribution is -2.48. The van der Waals surface area contributed by atoms with Crippen molar-refractivity contribution < 1.29 is 27.8 Å². The van der Waals surface area contributed by atoms with Crippen LogP contribution < -0.4 is 4.74 Å². The number of aliphatic hydroxyl groups is 1. The van der Waals surface area contributed by atoms with E-state index in [2.05, 4.69) is 0 Å². The minimum Gasteiger partial charge on any atom is -0.497 e. The van der Waals surface area contributed by atoms with Crippen LogP contribution in [0.25, 0.3) is 22.0 Å². The summed E-state index contributed by atoms with van der Waals surface area (Å²) in [6.45, 7) is 4.12. The number of nitrogens with zero attached hydrogens (tertiary/aromatic N) is 3. The average Bonchev–Trinajstić information content (AvgIpc) is 3.31. The van der Waals surface area contributed by atoms with Crippen molar-refractivity contribution in [1.29, 1.82) is 0 Å². The molecule has 5 rings (SSSR count). The molecule has 3 aromatic carbocycles. The van der Waals surface area contributed by atoms with Crippen LogP contribution in [0.1, 0.15) is 29.9 Å². The Kier molecular flexibility index (Phi) is 8.94. The van der Waals surface area contributed by atoms with Gasteiger partial charge in [0.25, 0.3) is 5.91 Å². The number of hydrogen-bond donors (Lipinski definition) is 1. The summed E-state index contributed by atoms with van der Waals surface area (Å²) in [5, 5.41) is 11.2. The molecule has 0 aliphatic carbocycles. The summed E-state index contributed by atoms with van der Waals surface area (Å²) >= 11 is 0. The third-order valence-electron chi connectivity index (χ3n) is 8.43. The van der Waals surface area contributed by atoms with E-state index in [1.165, 1.54) is 30.6 Å². The van der Waals surface area contributed by atoms with Crippen LogP contribution in [0.3, 0.4) is 0 Å². The second-order valence-corrected chi connectivity index (χ2v) is 13.3. The Labute approximate surface area is 253 Å². The summed E-state index contributed by atoms with van der Waals surface area (Å²) in [7, 11) is 1.13. The van der Waals surface area contributed by atoms with Crippen molar-refractivity contribution in [2.45, 2.75) is 37.5 Å². The molecule has 228 valence electrons. The predicted molar refractivity (Wildman–Crippen MR) is 166 cm³/mol. The summed E-state index contributed by atoms with van der Waals surface area (Å²) in [6, 6.07) is 21.6. The molecule has 43 heavy (non-hydrogen) atoms. The van der Waals surface area contributed by atoms with E-state index in [-0.39, 0.29) is 43.0 Å². The van der Waals surface area contributed by atoms with E-state index in [4.69, 9.17) is 9.47 Å². The van der Waals surface area contributed by atoms with E-state index in [1.807, 2.05) is 74.0 Å². The van der Waals surface area contributed by atoms with E-state index < -0.39 is 22.2 Å². The molecule has 1 aliphatic heterocycles. The zero-order valence-electron chi connectivity index (χ0n) is 25.2. The lowest BCUT2D eigenvalue weighted by atomic mass is 9.96. The molecule has 0 bridgehead atoms. The molecule has 2 heterocycles. The van der Waals surface area contributed by atoms with Gasteiger partial charge in [-0.2, -0.15) is 4.31 Å². The van der Waals surface area contributed by atoms with Gasteiger partial charge in [-0.25, -0.2) is 8.42 Å². The van der Waals surface area contributed by atoms with Crippen LogP contribution in [0.4, 0.5) is 0 Å². The molecule has 4 aromatic rings. The maximum Gasteiger partial charge on any atom is 0.271 e. The lowest BCUT2D eigenvalue weighted by Gasteiger charge is -2.35. The molecule has 3 atom stereocenters. The SMILES string of the molecule is COc1ccc(S(=O)(=O)N(C)C[C@@H]2OCc3ccccc3-c3c(n(C)c4ccccc34)C(=O)N([C@@H](C)CO)C[C@@H]2C)cc1. The Morgan fingerprint density at radius 2 is 1.74 bits per heavy atom. The van der Waals surface area contributed by atoms with Crippen molar-refractivity contribution in [3.05, 3.63) is 84.1 Å². The molecule has 1 N–H and O–H groups in total. The number of aryl methyl sites for hydroxylation is 1. The van der Waals surface area contributed by atoms with E-state index >= 15 is 0 Å². The molecule has 0 saturated heterocycles. The molecule has 1 aromatic heterocycles. The minimum atomic E-state index is -3.83. The van der Waals surface area contributed by atoms with Crippen molar-refractivity contribution in [3.8, 4) is 16.9 Å². The summed E-state index contributed by atoms with van der Waals surface area (Å²) in [5.74, 6) is 0.101. The number of sulfonamides is 1. The molecule has 0 saturated carbocycles. The molecule has 0 unspecified atom stereocenters. The van der Waals surface area contributed by atoms with Gasteiger partial charge in [-0.15, -0.1) is 0 Å². The zero-order valence-corrected chi connectivity index (χ0v) is 26.0. The van der Waals surface area contributed by atoms with Gasteiger partial charge in [-0.1, -0.05) is 49.4 Å². The number of methoxy groups -OCH3 is 1. The fourth-order valence-corrected chi connectivity index (χ4v) is 6.99. The van der Waals surface area contributed by atoms with Gasteiger partial charge in [0.1, 0.15) is 11.4 Å². The molecule has 9 nitrogen and oxygen atoms in total. The normalized spacial score (nSPS) is 18.7. The monoisotopic (exact) mass is 605 g/mol. The number of likely N-dealkylation sites (N-methyl/N-ethyl adjacent to an activating group) is 1. The summed E-state index contributed by atoms with van der Waals surface area (Å²) < 4.78 is 42.0. The third kappa shape index (κ3) is 5.80. The number of hydrogen-bond acceptors (Lipinski definition) is 6. The predicted octanol–water partition coefficient (Wildman–Crippen LogP) is 4.53. The summed E-state index contributed by atoms with van der Waals surface area (Å²) in [5.41, 5.74) is 4.07. The van der Waals surface area contributed by atoms with E-state index in [9.17, 15) is 18.3 Å². The first-order valence-corrected chi connectivity index (χ1v) is 15.8. The standard InChI is InChI=1S/C33H39N3O6S/c1-22-18-36(23(2)20-37)33(38)32-31(28-12-8-9-13-29(28)35(32)4)27-11-7-6-10-24(27)21-42-30(22)19-34(3)43(39,40)26-16-14-25(41-5)15-17-26/h6-17,22-23,30,37H,18-21H2,1-5H3/t22-,23-,30-/m0/s1. The van der Waals surface area contributed by atoms with Gasteiger partial charge < -0.3 is 24.0 Å². The Balaban J connectivity index is 1.58. The van der Waals surface area contributed by atoms with E-state index in [1.54, 1.807) is 17.0 Å². The smallest absolute Gasteiger partial charge is 0.271 e. The van der Waals surface area contributed by atoms with Crippen LogP contribution in [0, 0.1) is 5.92 Å². The number of benzene rings is 3.